The van der Waals surface area contributed by atoms with Crippen LogP contribution in [0.15, 0.2) is 60.7 Å². The Morgan fingerprint density at radius 1 is 0.571 bits per heavy atom. The van der Waals surface area contributed by atoms with Gasteiger partial charge < -0.3 is 29.9 Å². The fourth-order valence-corrected chi connectivity index (χ4v) is 2.99. The molecule has 0 amide bonds. The minimum absolute atomic E-state index is 0.165. The molecule has 8 nitrogen and oxygen atoms in total. The van der Waals surface area contributed by atoms with E-state index in [0.29, 0.717) is 0 Å². The van der Waals surface area contributed by atoms with E-state index in [9.17, 15) is 30.0 Å². The minimum Gasteiger partial charge on any atom is -0.452 e. The average molecular weight is 388 g/mol. The predicted octanol–water partition coefficient (Wildman–Crippen LogP) is -0.105. The van der Waals surface area contributed by atoms with Crippen molar-refractivity contribution in [3.05, 3.63) is 71.8 Å². The molecule has 0 heterocycles. The van der Waals surface area contributed by atoms with E-state index in [4.69, 9.17) is 9.47 Å². The number of aliphatic hydroxyl groups excluding tert-OH is 4. The zero-order valence-electron chi connectivity index (χ0n) is 14.7. The molecule has 0 bridgehead atoms. The van der Waals surface area contributed by atoms with Crippen LogP contribution in [0.1, 0.15) is 20.7 Å². The van der Waals surface area contributed by atoms with E-state index in [1.54, 1.807) is 36.4 Å². The number of hydrogen-bond donors (Lipinski definition) is 4. The lowest BCUT2D eigenvalue weighted by Crippen LogP contribution is -2.65. The Hall–Kier alpha value is -2.78. The van der Waals surface area contributed by atoms with Crippen LogP contribution in [0.2, 0.25) is 0 Å². The normalized spacial score (nSPS) is 29.7. The van der Waals surface area contributed by atoms with Gasteiger partial charge in [0.1, 0.15) is 24.4 Å². The molecule has 28 heavy (non-hydrogen) atoms. The van der Waals surface area contributed by atoms with Gasteiger partial charge in [-0.3, -0.25) is 0 Å². The molecule has 0 saturated heterocycles. The lowest BCUT2D eigenvalue weighted by atomic mass is 9.84. The Morgan fingerprint density at radius 2 is 0.893 bits per heavy atom. The molecule has 3 rings (SSSR count). The van der Waals surface area contributed by atoms with Crippen molar-refractivity contribution in [2.45, 2.75) is 36.6 Å². The van der Waals surface area contributed by atoms with Crippen LogP contribution >= 0.6 is 0 Å². The topological polar surface area (TPSA) is 134 Å². The number of ether oxygens (including phenoxy) is 2. The van der Waals surface area contributed by atoms with Crippen molar-refractivity contribution >= 4 is 11.9 Å². The third-order valence-electron chi connectivity index (χ3n) is 4.55. The van der Waals surface area contributed by atoms with Crippen molar-refractivity contribution in [1.29, 1.82) is 0 Å². The maximum Gasteiger partial charge on any atom is 0.338 e. The fourth-order valence-electron chi connectivity index (χ4n) is 2.99. The Balaban J connectivity index is 1.84. The summed E-state index contributed by atoms with van der Waals surface area (Å²) in [5, 5.41) is 40.5. The van der Waals surface area contributed by atoms with Gasteiger partial charge in [0.15, 0.2) is 12.2 Å². The number of hydrogen-bond acceptors (Lipinski definition) is 8. The number of carbonyl (C=O) groups excluding carboxylic acids is 2. The van der Waals surface area contributed by atoms with Crippen molar-refractivity contribution in [3.63, 3.8) is 0 Å². The Kier molecular flexibility index (Phi) is 6.05. The van der Waals surface area contributed by atoms with Crippen molar-refractivity contribution in [3.8, 4) is 0 Å². The second-order valence-electron chi connectivity index (χ2n) is 6.43. The summed E-state index contributed by atoms with van der Waals surface area (Å²) < 4.78 is 10.5. The molecule has 1 aliphatic rings. The molecule has 6 atom stereocenters. The van der Waals surface area contributed by atoms with E-state index >= 15 is 0 Å². The standard InChI is InChI=1S/C20H20O8/c21-13-14(22)16(24)18(28-20(26)12-9-5-2-6-10-12)17(15(13)23)27-19(25)11-7-3-1-4-8-11/h1-10,13-18,21-24H/t13-,14+,15-,16-,17+,18+/m1/s1. The van der Waals surface area contributed by atoms with Gasteiger partial charge in [-0.25, -0.2) is 9.59 Å². The van der Waals surface area contributed by atoms with Gasteiger partial charge in [0.05, 0.1) is 11.1 Å². The SMILES string of the molecule is O=C(O[C@H]1[C@H](O)[C@H](O)[C@H](O)[C@@H](O)[C@@H]1OC(=O)c1ccccc1)c1ccccc1. The highest BCUT2D eigenvalue weighted by Crippen LogP contribution is 2.28. The summed E-state index contributed by atoms with van der Waals surface area (Å²) in [5.74, 6) is -1.69. The zero-order valence-corrected chi connectivity index (χ0v) is 14.7. The van der Waals surface area contributed by atoms with Gasteiger partial charge in [-0.2, -0.15) is 0 Å². The second kappa shape index (κ2) is 8.49. The highest BCUT2D eigenvalue weighted by Gasteiger charge is 2.53. The van der Waals surface area contributed by atoms with Crippen molar-refractivity contribution in [2.24, 2.45) is 0 Å². The highest BCUT2D eigenvalue weighted by atomic mass is 16.6. The van der Waals surface area contributed by atoms with Gasteiger partial charge in [0.2, 0.25) is 0 Å². The largest absolute Gasteiger partial charge is 0.452 e. The molecule has 1 aliphatic carbocycles. The van der Waals surface area contributed by atoms with E-state index < -0.39 is 48.6 Å². The van der Waals surface area contributed by atoms with Crippen LogP contribution < -0.4 is 0 Å². The van der Waals surface area contributed by atoms with Crippen LogP contribution in [0.5, 0.6) is 0 Å². The van der Waals surface area contributed by atoms with E-state index in [1.807, 2.05) is 0 Å². The van der Waals surface area contributed by atoms with Crippen LogP contribution in [-0.4, -0.2) is 69.0 Å². The summed E-state index contributed by atoms with van der Waals surface area (Å²) in [6.07, 6.45) is -10.3. The number of esters is 2. The highest BCUT2D eigenvalue weighted by molar-refractivity contribution is 5.90. The minimum atomic E-state index is -1.80. The third kappa shape index (κ3) is 4.05. The molecule has 0 aromatic heterocycles. The Labute approximate surface area is 160 Å². The van der Waals surface area contributed by atoms with Crippen LogP contribution in [0.25, 0.3) is 0 Å². The molecule has 2 aromatic carbocycles. The first-order valence-electron chi connectivity index (χ1n) is 8.64. The molecule has 8 heteroatoms. The maximum atomic E-state index is 12.4. The fraction of sp³-hybridized carbons (Fsp3) is 0.300. The van der Waals surface area contributed by atoms with Crippen molar-refractivity contribution in [1.82, 2.24) is 0 Å². The monoisotopic (exact) mass is 388 g/mol. The molecular weight excluding hydrogens is 368 g/mol. The average Bonchev–Trinajstić information content (AvgIpc) is 2.74. The first-order chi connectivity index (χ1) is 13.4. The van der Waals surface area contributed by atoms with Gasteiger partial charge >= 0.3 is 11.9 Å². The smallest absolute Gasteiger partial charge is 0.338 e. The van der Waals surface area contributed by atoms with Gasteiger partial charge in [-0.05, 0) is 24.3 Å². The summed E-state index contributed by atoms with van der Waals surface area (Å²) in [5.41, 5.74) is 0.330. The molecular formula is C20H20O8. The van der Waals surface area contributed by atoms with Gasteiger partial charge in [0, 0.05) is 0 Å². The summed E-state index contributed by atoms with van der Waals surface area (Å²) in [6.45, 7) is 0. The van der Waals surface area contributed by atoms with Crippen LogP contribution in [-0.2, 0) is 9.47 Å². The first-order valence-corrected chi connectivity index (χ1v) is 8.64. The second-order valence-corrected chi connectivity index (χ2v) is 6.43. The maximum absolute atomic E-state index is 12.4. The van der Waals surface area contributed by atoms with Gasteiger partial charge in [0.25, 0.3) is 0 Å². The summed E-state index contributed by atoms with van der Waals surface area (Å²) in [4.78, 5) is 24.7. The molecule has 148 valence electrons. The lowest BCUT2D eigenvalue weighted by Gasteiger charge is -2.42. The van der Waals surface area contributed by atoms with E-state index in [2.05, 4.69) is 0 Å². The lowest BCUT2D eigenvalue weighted by molar-refractivity contribution is -0.223. The van der Waals surface area contributed by atoms with E-state index in [0.717, 1.165) is 0 Å². The Bertz CT molecular complexity index is 740. The first kappa shape index (κ1) is 20.0. The predicted molar refractivity (Wildman–Crippen MR) is 95.3 cm³/mol. The van der Waals surface area contributed by atoms with Crippen molar-refractivity contribution < 1.29 is 39.5 Å². The van der Waals surface area contributed by atoms with Crippen molar-refractivity contribution in [2.75, 3.05) is 0 Å². The molecule has 0 aliphatic heterocycles. The molecule has 0 unspecified atom stereocenters. The third-order valence-corrected chi connectivity index (χ3v) is 4.55. The molecule has 0 spiro atoms. The van der Waals surface area contributed by atoms with Crippen LogP contribution in [0.3, 0.4) is 0 Å². The zero-order chi connectivity index (χ0) is 20.3. The number of aliphatic hydroxyl groups is 4. The van der Waals surface area contributed by atoms with E-state index in [1.165, 1.54) is 24.3 Å². The Morgan fingerprint density at radius 3 is 1.21 bits per heavy atom. The molecule has 2 aromatic rings. The van der Waals surface area contributed by atoms with E-state index in [-0.39, 0.29) is 11.1 Å². The summed E-state index contributed by atoms with van der Waals surface area (Å²) in [6, 6.07) is 15.7. The van der Waals surface area contributed by atoms with Gasteiger partial charge in [-0.1, -0.05) is 36.4 Å². The van der Waals surface area contributed by atoms with Crippen LogP contribution in [0.4, 0.5) is 0 Å². The molecule has 0 radical (unpaired) electrons. The number of carbonyl (C=O) groups is 2. The molecule has 1 saturated carbocycles. The number of rotatable bonds is 4. The van der Waals surface area contributed by atoms with Gasteiger partial charge in [-0.15, -0.1) is 0 Å². The molecule has 1 fully saturated rings. The quantitative estimate of drug-likeness (QED) is 0.534. The molecule has 4 N–H and O–H groups in total. The summed E-state index contributed by atoms with van der Waals surface area (Å²) in [7, 11) is 0. The van der Waals surface area contributed by atoms with Crippen LogP contribution in [0, 0.1) is 0 Å². The number of benzene rings is 2. The summed E-state index contributed by atoms with van der Waals surface area (Å²) >= 11 is 0.